The van der Waals surface area contributed by atoms with Crippen molar-refractivity contribution >= 4 is 158 Å². The van der Waals surface area contributed by atoms with Crippen LogP contribution < -0.4 is 31.1 Å². The molecule has 0 bridgehead atoms. The molecule has 0 atom stereocenters. The number of urea groups is 1. The Morgan fingerprint density at radius 3 is 1.06 bits per heavy atom. The molecule has 10 N–H and O–H groups in total. The molecule has 6 amide bonds. The summed E-state index contributed by atoms with van der Waals surface area (Å²) >= 11 is 0. The largest absolute Gasteiger partial charge is 0.323 e. The molecule has 0 unspecified atom stereocenters. The lowest BCUT2D eigenvalue weighted by Gasteiger charge is -2.22. The zero-order valence-electron chi connectivity index (χ0n) is 43.3. The maximum Gasteiger partial charge on any atom is 0.323 e. The topological polar surface area (TPSA) is 466 Å². The average molecular weight is 1300 g/mol. The Bertz CT molecular complexity index is 4680. The molecule has 0 aliphatic heterocycles. The third kappa shape index (κ3) is 13.4. The third-order valence-electron chi connectivity index (χ3n) is 12.7. The SMILES string of the molecule is Cc1ccc(C(=O)Nc2ccc(S(=O)(=O)O)c3cc(S(=O)(=O)O)cc(S(=O)(=O)O)c23)cc1N(C=O)c1cccc(NC(=O)Nc2cccc(N(C=O)c3cc(C(=O)Nc4ccc(S(=O)(=O)O)c5cc(S(=O)(=O)O)cc(S(=O)(=O)O)c45)ccc3C)c2)c1. The minimum atomic E-state index is -5.47. The van der Waals surface area contributed by atoms with Gasteiger partial charge in [-0.15, -0.1) is 0 Å². The summed E-state index contributed by atoms with van der Waals surface area (Å²) in [4.78, 5) is 61.9. The molecule has 8 rings (SSSR count). The number of benzene rings is 8. The van der Waals surface area contributed by atoms with Gasteiger partial charge in [0.05, 0.1) is 43.9 Å². The first-order valence-electron chi connectivity index (χ1n) is 23.6. The van der Waals surface area contributed by atoms with Gasteiger partial charge in [0, 0.05) is 44.0 Å². The molecule has 0 aromatic heterocycles. The molecule has 0 saturated carbocycles. The van der Waals surface area contributed by atoms with Crippen molar-refractivity contribution in [1.29, 1.82) is 0 Å². The maximum atomic E-state index is 13.9. The van der Waals surface area contributed by atoms with Gasteiger partial charge >= 0.3 is 6.03 Å². The number of rotatable bonds is 18. The fourth-order valence-electron chi connectivity index (χ4n) is 8.84. The van der Waals surface area contributed by atoms with E-state index in [4.69, 9.17) is 0 Å². The van der Waals surface area contributed by atoms with Crippen LogP contribution >= 0.6 is 0 Å². The van der Waals surface area contributed by atoms with Gasteiger partial charge in [-0.2, -0.15) is 50.5 Å². The van der Waals surface area contributed by atoms with Crippen LogP contribution in [0.25, 0.3) is 21.5 Å². The molecule has 35 heteroatoms. The Kier molecular flexibility index (Phi) is 16.9. The van der Waals surface area contributed by atoms with E-state index in [9.17, 15) is 102 Å². The Hall–Kier alpha value is -9.11. The van der Waals surface area contributed by atoms with Gasteiger partial charge < -0.3 is 21.3 Å². The van der Waals surface area contributed by atoms with E-state index in [0.29, 0.717) is 60.3 Å². The van der Waals surface area contributed by atoms with Crippen LogP contribution in [0.3, 0.4) is 0 Å². The van der Waals surface area contributed by atoms with Crippen LogP contribution in [0.5, 0.6) is 0 Å². The number of fused-ring (bicyclic) bond motifs is 2. The molecule has 29 nitrogen and oxygen atoms in total. The molecule has 86 heavy (non-hydrogen) atoms. The Morgan fingerprint density at radius 2 is 0.744 bits per heavy atom. The van der Waals surface area contributed by atoms with Crippen LogP contribution in [0.1, 0.15) is 31.8 Å². The minimum absolute atomic E-state index is 0.0743. The lowest BCUT2D eigenvalue weighted by atomic mass is 10.1. The summed E-state index contributed by atoms with van der Waals surface area (Å²) < 4.78 is 207. The Balaban J connectivity index is 1.02. The van der Waals surface area contributed by atoms with Crippen molar-refractivity contribution in [2.45, 2.75) is 43.2 Å². The van der Waals surface area contributed by atoms with E-state index >= 15 is 0 Å². The fourth-order valence-corrected chi connectivity index (χ4v) is 12.9. The van der Waals surface area contributed by atoms with Crippen LogP contribution in [0.15, 0.2) is 163 Å². The smallest absolute Gasteiger partial charge is 0.321 e. The molecule has 0 fully saturated rings. The van der Waals surface area contributed by atoms with Gasteiger partial charge in [0.1, 0.15) is 19.6 Å². The number of hydrogen-bond donors (Lipinski definition) is 10. The molecule has 0 aliphatic carbocycles. The second-order valence-corrected chi connectivity index (χ2v) is 26.7. The van der Waals surface area contributed by atoms with Crippen LogP contribution in [0.2, 0.25) is 0 Å². The van der Waals surface area contributed by atoms with Gasteiger partial charge in [-0.25, -0.2) is 4.79 Å². The fraction of sp³-hybridized carbons (Fsp3) is 0.0392. The summed E-state index contributed by atoms with van der Waals surface area (Å²) in [7, 11) is -32.0. The van der Waals surface area contributed by atoms with Crippen molar-refractivity contribution in [2.24, 2.45) is 0 Å². The lowest BCUT2D eigenvalue weighted by molar-refractivity contribution is -0.107. The molecule has 0 radical (unpaired) electrons. The monoisotopic (exact) mass is 1300 g/mol. The number of nitrogens with zero attached hydrogens (tertiary/aromatic N) is 2. The molecule has 8 aromatic carbocycles. The normalized spacial score (nSPS) is 12.3. The van der Waals surface area contributed by atoms with Gasteiger partial charge in [0.15, 0.2) is 0 Å². The van der Waals surface area contributed by atoms with E-state index < -0.39 is 141 Å². The minimum Gasteiger partial charge on any atom is -0.321 e. The zero-order chi connectivity index (χ0) is 63.4. The van der Waals surface area contributed by atoms with Crippen molar-refractivity contribution in [3.05, 3.63) is 156 Å². The van der Waals surface area contributed by atoms with Gasteiger partial charge in [0.25, 0.3) is 72.5 Å². The second kappa shape index (κ2) is 23.0. The molecular weight excluding hydrogens is 1260 g/mol. The van der Waals surface area contributed by atoms with Crippen LogP contribution in [0.4, 0.5) is 50.3 Å². The van der Waals surface area contributed by atoms with Gasteiger partial charge in [0.2, 0.25) is 12.8 Å². The highest BCUT2D eigenvalue weighted by atomic mass is 32.2. The van der Waals surface area contributed by atoms with Gasteiger partial charge in [-0.3, -0.25) is 56.3 Å². The van der Waals surface area contributed by atoms with E-state index in [1.54, 1.807) is 13.8 Å². The summed E-state index contributed by atoms with van der Waals surface area (Å²) in [6, 6.07) is 23.0. The molecule has 8 aromatic rings. The summed E-state index contributed by atoms with van der Waals surface area (Å²) in [5.41, 5.74) is -0.130. The number of aryl methyl sites for hydroxylation is 2. The van der Waals surface area contributed by atoms with Crippen molar-refractivity contribution in [3.63, 3.8) is 0 Å². The van der Waals surface area contributed by atoms with Gasteiger partial charge in [-0.05, 0) is 134 Å². The van der Waals surface area contributed by atoms with E-state index in [-0.39, 0.29) is 45.3 Å². The molecule has 448 valence electrons. The number of anilines is 8. The summed E-state index contributed by atoms with van der Waals surface area (Å²) in [6.45, 7) is 3.13. The second-order valence-electron chi connectivity index (χ2n) is 18.3. The highest BCUT2D eigenvalue weighted by molar-refractivity contribution is 7.88. The number of nitrogens with one attached hydrogen (secondary N) is 4. The van der Waals surface area contributed by atoms with Crippen LogP contribution in [-0.4, -0.2) is 108 Å². The number of amides is 6. The Morgan fingerprint density at radius 1 is 0.395 bits per heavy atom. The van der Waals surface area contributed by atoms with Crippen molar-refractivity contribution in [1.82, 2.24) is 0 Å². The number of hydrogen-bond acceptors (Lipinski definition) is 17. The van der Waals surface area contributed by atoms with Crippen molar-refractivity contribution < 1.29 is 102 Å². The van der Waals surface area contributed by atoms with Crippen molar-refractivity contribution in [3.8, 4) is 0 Å². The van der Waals surface area contributed by atoms with Crippen molar-refractivity contribution in [2.75, 3.05) is 31.1 Å². The zero-order valence-corrected chi connectivity index (χ0v) is 48.2. The first-order chi connectivity index (χ1) is 39.9. The molecule has 0 saturated heterocycles. The highest BCUT2D eigenvalue weighted by Crippen LogP contribution is 2.40. The molecule has 0 spiro atoms. The average Bonchev–Trinajstić information content (AvgIpc) is 0.788. The third-order valence-corrected chi connectivity index (χ3v) is 17.9. The summed E-state index contributed by atoms with van der Waals surface area (Å²) in [5, 5.41) is 6.60. The van der Waals surface area contributed by atoms with E-state index in [1.807, 2.05) is 0 Å². The van der Waals surface area contributed by atoms with E-state index in [1.165, 1.54) is 84.9 Å². The number of carbonyl (C=O) groups is 5. The molecule has 0 heterocycles. The summed E-state index contributed by atoms with van der Waals surface area (Å²) in [5.74, 6) is -2.08. The lowest BCUT2D eigenvalue weighted by Crippen LogP contribution is -2.21. The molecular formula is C51H40N6O23S6. The predicted molar refractivity (Wildman–Crippen MR) is 307 cm³/mol. The highest BCUT2D eigenvalue weighted by Gasteiger charge is 2.30. The standard InChI is InChI=1S/C51H40N6O23S6/c1-27-9-11-29(49(60)54-39-13-15-43(83(69,70)71)37-21-35(81(63,64)65)23-45(47(37)39)85(75,76)77)17-41(27)56(25-58)33-7-3-5-31(19-33)52-51(62)53-32-6-4-8-34(20-32)57(26-59)42-18-30(12-10-28(42)2)50(61)55-40-14-16-44(84(72,73)74)38-22-36(82(66,67)68)24-46(48(38)40)86(78,79)80/h3-26H,1-2H3,(H,54,60)(H,55,61)(H2,52,53,62)(H,63,64,65)(H,66,67,68)(H,69,70,71)(H,72,73,74)(H,75,76,77)(H,78,79,80). The van der Waals surface area contributed by atoms with Crippen LogP contribution in [-0.2, 0) is 70.3 Å². The first-order valence-corrected chi connectivity index (χ1v) is 32.2. The number of carbonyl (C=O) groups excluding carboxylic acids is 5. The maximum absolute atomic E-state index is 13.9. The van der Waals surface area contributed by atoms with Gasteiger partial charge in [-0.1, -0.05) is 24.3 Å². The summed E-state index contributed by atoms with van der Waals surface area (Å²) in [6.07, 6.45) is 0.738. The van der Waals surface area contributed by atoms with E-state index in [0.717, 1.165) is 21.9 Å². The van der Waals surface area contributed by atoms with Crippen LogP contribution in [0, 0.1) is 13.8 Å². The quantitative estimate of drug-likeness (QED) is 0.0311. The van der Waals surface area contributed by atoms with E-state index in [2.05, 4.69) is 21.3 Å². The Labute approximate surface area is 487 Å². The molecule has 0 aliphatic rings. The predicted octanol–water partition coefficient (Wildman–Crippen LogP) is 6.83. The first kappa shape index (κ1) is 62.9.